The van der Waals surface area contributed by atoms with Crippen molar-refractivity contribution in [3.63, 3.8) is 0 Å². The largest absolute Gasteiger partial charge is 0.506 e. The molecular weight excluding hydrogens is 596 g/mol. The van der Waals surface area contributed by atoms with Crippen molar-refractivity contribution >= 4 is 26.5 Å². The first kappa shape index (κ1) is 36.9. The summed E-state index contributed by atoms with van der Waals surface area (Å²) < 4.78 is 31.5. The lowest BCUT2D eigenvalue weighted by Crippen LogP contribution is -2.33. The van der Waals surface area contributed by atoms with Crippen LogP contribution in [-0.2, 0) is 9.84 Å². The first-order valence-electron chi connectivity index (χ1n) is 17.2. The lowest BCUT2D eigenvalue weighted by molar-refractivity contribution is 0.0752. The lowest BCUT2D eigenvalue weighted by atomic mass is 10.0. The van der Waals surface area contributed by atoms with Crippen LogP contribution in [0.25, 0.3) is 10.8 Å². The molecule has 0 radical (unpaired) electrons. The van der Waals surface area contributed by atoms with E-state index >= 15 is 0 Å². The van der Waals surface area contributed by atoms with E-state index < -0.39 is 9.84 Å². The Labute approximate surface area is 276 Å². The number of amides is 1. The maximum atomic E-state index is 13.8. The number of fused-ring (bicyclic) bond motifs is 1. The molecule has 3 rings (SSSR count). The molecule has 0 saturated carbocycles. The van der Waals surface area contributed by atoms with Crippen LogP contribution >= 0.6 is 0 Å². The van der Waals surface area contributed by atoms with E-state index in [9.17, 15) is 23.6 Å². The molecule has 0 saturated heterocycles. The number of phenolic OH excluding ortho intramolecular Hbond substituents is 1. The summed E-state index contributed by atoms with van der Waals surface area (Å²) in [4.78, 5) is 15.6. The molecule has 8 heteroatoms. The molecule has 0 fully saturated rings. The fourth-order valence-electron chi connectivity index (χ4n) is 5.78. The summed E-state index contributed by atoms with van der Waals surface area (Å²) in [7, 11) is -3.55. The normalized spacial score (nSPS) is 11.4. The highest BCUT2D eigenvalue weighted by Gasteiger charge is 2.23. The molecule has 250 valence electrons. The van der Waals surface area contributed by atoms with Crippen LogP contribution in [0.1, 0.15) is 114 Å². The number of hydrogen-bond acceptors (Lipinski definition) is 6. The summed E-state index contributed by atoms with van der Waals surface area (Å²) in [6.45, 7) is 2.90. The Morgan fingerprint density at radius 2 is 1.33 bits per heavy atom. The number of benzene rings is 3. The molecule has 1 amide bonds. The molecule has 46 heavy (non-hydrogen) atoms. The van der Waals surface area contributed by atoms with Gasteiger partial charge in [0.15, 0.2) is 9.84 Å². The fraction of sp³-hybridized carbons (Fsp3) is 0.526. The Morgan fingerprint density at radius 3 is 1.91 bits per heavy atom. The zero-order valence-electron chi connectivity index (χ0n) is 27.6. The van der Waals surface area contributed by atoms with Gasteiger partial charge in [-0.25, -0.2) is 8.42 Å². The number of rotatable bonds is 23. The standard InChI is InChI=1S/C38H52N2O5S/c1-2-3-4-5-6-7-8-9-10-11-12-13-14-20-27-40(28-21-26-39)38(42)35-31-36(33-24-18-19-25-34(33)37(35)41)45-29-30-46(43,44)32-22-16-15-17-23-32/h15-19,22-25,31,41H,2-14,20-21,27-30H2,1H3. The Bertz CT molecular complexity index is 1480. The summed E-state index contributed by atoms with van der Waals surface area (Å²) in [5, 5.41) is 21.4. The molecule has 0 spiro atoms. The minimum absolute atomic E-state index is 0.0860. The highest BCUT2D eigenvalue weighted by molar-refractivity contribution is 7.91. The van der Waals surface area contributed by atoms with Gasteiger partial charge < -0.3 is 14.7 Å². The second kappa shape index (κ2) is 20.5. The van der Waals surface area contributed by atoms with Gasteiger partial charge in [-0.2, -0.15) is 5.26 Å². The van der Waals surface area contributed by atoms with E-state index in [1.54, 1.807) is 59.5 Å². The zero-order valence-corrected chi connectivity index (χ0v) is 28.4. The van der Waals surface area contributed by atoms with Crippen LogP contribution < -0.4 is 4.74 Å². The van der Waals surface area contributed by atoms with Gasteiger partial charge in [-0.1, -0.05) is 133 Å². The maximum absolute atomic E-state index is 13.8. The molecule has 0 aromatic heterocycles. The molecule has 0 aliphatic rings. The molecule has 0 atom stereocenters. The number of carbonyl (C=O) groups is 1. The maximum Gasteiger partial charge on any atom is 0.257 e. The first-order chi connectivity index (χ1) is 22.4. The Kier molecular flexibility index (Phi) is 16.5. The summed E-state index contributed by atoms with van der Waals surface area (Å²) in [6, 6.07) is 18.9. The number of nitriles is 1. The minimum atomic E-state index is -3.55. The van der Waals surface area contributed by atoms with Crippen LogP contribution in [0.2, 0.25) is 0 Å². The molecule has 1 N–H and O–H groups in total. The van der Waals surface area contributed by atoms with E-state index in [0.29, 0.717) is 23.1 Å². The molecular formula is C38H52N2O5S. The quantitative estimate of drug-likeness (QED) is 0.103. The number of hydrogen-bond donors (Lipinski definition) is 1. The van der Waals surface area contributed by atoms with Gasteiger partial charge >= 0.3 is 0 Å². The SMILES string of the molecule is CCCCCCCCCCCCCCCCN(CCC#N)C(=O)c1cc(OCCS(=O)(=O)c2ccccc2)c2ccccc2c1O. The summed E-state index contributed by atoms with van der Waals surface area (Å²) >= 11 is 0. The van der Waals surface area contributed by atoms with E-state index in [2.05, 4.69) is 13.0 Å². The van der Waals surface area contributed by atoms with Crippen LogP contribution in [0.5, 0.6) is 11.5 Å². The van der Waals surface area contributed by atoms with Crippen LogP contribution in [0.3, 0.4) is 0 Å². The highest BCUT2D eigenvalue weighted by atomic mass is 32.2. The van der Waals surface area contributed by atoms with Crippen molar-refractivity contribution in [2.45, 2.75) is 108 Å². The molecule has 0 aliphatic carbocycles. The van der Waals surface area contributed by atoms with Gasteiger partial charge in [0.2, 0.25) is 0 Å². The average molecular weight is 649 g/mol. The summed E-state index contributed by atoms with van der Waals surface area (Å²) in [6.07, 6.45) is 17.6. The molecule has 0 unspecified atom stereocenters. The molecule has 0 bridgehead atoms. The van der Waals surface area contributed by atoms with Crippen molar-refractivity contribution in [3.8, 4) is 17.6 Å². The van der Waals surface area contributed by atoms with Crippen LogP contribution in [-0.4, -0.2) is 49.8 Å². The topological polar surface area (TPSA) is 108 Å². The van der Waals surface area contributed by atoms with Gasteiger partial charge in [0.25, 0.3) is 5.91 Å². The second-order valence-electron chi connectivity index (χ2n) is 12.1. The minimum Gasteiger partial charge on any atom is -0.506 e. The van der Waals surface area contributed by atoms with E-state index in [0.717, 1.165) is 19.3 Å². The number of ether oxygens (including phenoxy) is 1. The van der Waals surface area contributed by atoms with Gasteiger partial charge in [-0.3, -0.25) is 4.79 Å². The third kappa shape index (κ3) is 12.0. The summed E-state index contributed by atoms with van der Waals surface area (Å²) in [5.74, 6) is -0.414. The van der Waals surface area contributed by atoms with Crippen molar-refractivity contribution in [3.05, 3.63) is 66.2 Å². The van der Waals surface area contributed by atoms with E-state index in [-0.39, 0.29) is 47.4 Å². The number of aromatic hydroxyl groups is 1. The smallest absolute Gasteiger partial charge is 0.257 e. The Morgan fingerprint density at radius 1 is 0.783 bits per heavy atom. The monoisotopic (exact) mass is 648 g/mol. The van der Waals surface area contributed by atoms with Gasteiger partial charge in [-0.15, -0.1) is 0 Å². The lowest BCUT2D eigenvalue weighted by Gasteiger charge is -2.23. The third-order valence-electron chi connectivity index (χ3n) is 8.48. The Balaban J connectivity index is 1.55. The van der Waals surface area contributed by atoms with Crippen molar-refractivity contribution in [1.82, 2.24) is 4.90 Å². The van der Waals surface area contributed by atoms with Crippen LogP contribution in [0.15, 0.2) is 65.6 Å². The predicted octanol–water partition coefficient (Wildman–Crippen LogP) is 9.24. The molecule has 7 nitrogen and oxygen atoms in total. The molecule has 3 aromatic rings. The second-order valence-corrected chi connectivity index (χ2v) is 14.2. The highest BCUT2D eigenvalue weighted by Crippen LogP contribution is 2.37. The van der Waals surface area contributed by atoms with Gasteiger partial charge in [-0.05, 0) is 24.6 Å². The van der Waals surface area contributed by atoms with Gasteiger partial charge in [0.05, 0.1) is 28.7 Å². The zero-order chi connectivity index (χ0) is 33.0. The van der Waals surface area contributed by atoms with E-state index in [4.69, 9.17) is 4.74 Å². The number of sulfone groups is 1. The van der Waals surface area contributed by atoms with E-state index in [1.807, 2.05) is 0 Å². The first-order valence-corrected chi connectivity index (χ1v) is 18.9. The van der Waals surface area contributed by atoms with Crippen LogP contribution in [0.4, 0.5) is 0 Å². The fourth-order valence-corrected chi connectivity index (χ4v) is 6.89. The van der Waals surface area contributed by atoms with Gasteiger partial charge in [0, 0.05) is 23.9 Å². The van der Waals surface area contributed by atoms with Crippen molar-refractivity contribution in [1.29, 1.82) is 5.26 Å². The van der Waals surface area contributed by atoms with Crippen molar-refractivity contribution in [2.24, 2.45) is 0 Å². The number of phenols is 1. The van der Waals surface area contributed by atoms with Crippen molar-refractivity contribution in [2.75, 3.05) is 25.4 Å². The van der Waals surface area contributed by atoms with Crippen molar-refractivity contribution < 1.29 is 23.1 Å². The average Bonchev–Trinajstić information content (AvgIpc) is 3.07. The molecule has 3 aromatic carbocycles. The molecule has 0 heterocycles. The third-order valence-corrected chi connectivity index (χ3v) is 10.2. The number of carbonyl (C=O) groups excluding carboxylic acids is 1. The molecule has 0 aliphatic heterocycles. The summed E-state index contributed by atoms with van der Waals surface area (Å²) in [5.41, 5.74) is 0.0860. The van der Waals surface area contributed by atoms with E-state index in [1.165, 1.54) is 76.7 Å². The van der Waals surface area contributed by atoms with Crippen LogP contribution in [0, 0.1) is 11.3 Å². The number of unbranched alkanes of at least 4 members (excludes halogenated alkanes) is 13. The predicted molar refractivity (Wildman–Crippen MR) is 186 cm³/mol. The number of nitrogens with zero attached hydrogens (tertiary/aromatic N) is 2. The van der Waals surface area contributed by atoms with Gasteiger partial charge in [0.1, 0.15) is 18.1 Å². The Hall–Kier alpha value is -3.57.